The summed E-state index contributed by atoms with van der Waals surface area (Å²) >= 11 is 0. The van der Waals surface area contributed by atoms with E-state index in [0.717, 1.165) is 25.9 Å². The molecule has 0 saturated carbocycles. The van der Waals surface area contributed by atoms with Gasteiger partial charge in [-0.1, -0.05) is 0 Å². The van der Waals surface area contributed by atoms with E-state index < -0.39 is 11.9 Å². The van der Waals surface area contributed by atoms with E-state index in [4.69, 9.17) is 14.6 Å². The Morgan fingerprint density at radius 3 is 2.81 bits per heavy atom. The molecule has 120 valence electrons. The van der Waals surface area contributed by atoms with Crippen LogP contribution in [0.4, 0.5) is 0 Å². The summed E-state index contributed by atoms with van der Waals surface area (Å²) in [6, 6.07) is -0.234. The lowest BCUT2D eigenvalue weighted by Gasteiger charge is -2.37. The van der Waals surface area contributed by atoms with Gasteiger partial charge >= 0.3 is 5.97 Å². The summed E-state index contributed by atoms with van der Waals surface area (Å²) in [5.41, 5.74) is 0. The molecule has 0 aromatic carbocycles. The van der Waals surface area contributed by atoms with E-state index >= 15 is 0 Å². The van der Waals surface area contributed by atoms with Gasteiger partial charge in [0.15, 0.2) is 0 Å². The number of carboxylic acids is 1. The minimum Gasteiger partial charge on any atom is -0.481 e. The van der Waals surface area contributed by atoms with Gasteiger partial charge in [0.2, 0.25) is 5.91 Å². The van der Waals surface area contributed by atoms with E-state index in [0.29, 0.717) is 32.6 Å². The normalized spacial score (nSPS) is 29.6. The number of carboxylic acid groups (broad SMARTS) is 1. The topological polar surface area (TPSA) is 76.1 Å². The van der Waals surface area contributed by atoms with Crippen LogP contribution in [0.3, 0.4) is 0 Å². The van der Waals surface area contributed by atoms with Gasteiger partial charge in [-0.2, -0.15) is 0 Å². The van der Waals surface area contributed by atoms with E-state index in [-0.39, 0.29) is 18.1 Å². The van der Waals surface area contributed by atoms with Crippen LogP contribution < -0.4 is 0 Å². The molecule has 1 amide bonds. The number of rotatable bonds is 6. The van der Waals surface area contributed by atoms with Gasteiger partial charge in [-0.25, -0.2) is 0 Å². The number of hydrogen-bond donors (Lipinski definition) is 1. The lowest BCUT2D eigenvalue weighted by atomic mass is 9.90. The fourth-order valence-corrected chi connectivity index (χ4v) is 3.12. The minimum atomic E-state index is -0.811. The maximum Gasteiger partial charge on any atom is 0.308 e. The van der Waals surface area contributed by atoms with Gasteiger partial charge in [0.25, 0.3) is 0 Å². The van der Waals surface area contributed by atoms with Crippen molar-refractivity contribution in [3.05, 3.63) is 0 Å². The molecule has 2 fully saturated rings. The molecule has 6 nitrogen and oxygen atoms in total. The predicted octanol–water partition coefficient (Wildman–Crippen LogP) is 1.28. The Balaban J connectivity index is 1.70. The first kappa shape index (κ1) is 16.2. The first-order valence-corrected chi connectivity index (χ1v) is 7.81. The maximum atomic E-state index is 12.2. The molecule has 0 spiro atoms. The largest absolute Gasteiger partial charge is 0.481 e. The van der Waals surface area contributed by atoms with Gasteiger partial charge in [0.1, 0.15) is 0 Å². The molecule has 0 aromatic heterocycles. The summed E-state index contributed by atoms with van der Waals surface area (Å²) in [4.78, 5) is 25.1. The standard InChI is InChI=1S/C15H25NO5/c1-11-13(15(18)19)5-2-7-16(11)14(17)6-9-20-10-12-4-3-8-21-12/h11-13H,2-10H2,1H3,(H,18,19)/t11-,12?,13-/m1/s1. The van der Waals surface area contributed by atoms with Crippen LogP contribution in [0.1, 0.15) is 39.0 Å². The van der Waals surface area contributed by atoms with Crippen molar-refractivity contribution in [2.24, 2.45) is 5.92 Å². The summed E-state index contributed by atoms with van der Waals surface area (Å²) in [7, 11) is 0. The van der Waals surface area contributed by atoms with Crippen molar-refractivity contribution in [1.29, 1.82) is 0 Å². The zero-order valence-electron chi connectivity index (χ0n) is 12.6. The van der Waals surface area contributed by atoms with E-state index in [1.54, 1.807) is 4.90 Å². The Bertz CT molecular complexity index is 367. The molecule has 21 heavy (non-hydrogen) atoms. The van der Waals surface area contributed by atoms with Crippen molar-refractivity contribution < 1.29 is 24.2 Å². The third kappa shape index (κ3) is 4.41. The molecule has 0 bridgehead atoms. The van der Waals surface area contributed by atoms with Crippen LogP contribution in [0.5, 0.6) is 0 Å². The highest BCUT2D eigenvalue weighted by Crippen LogP contribution is 2.24. The number of aliphatic carboxylic acids is 1. The monoisotopic (exact) mass is 299 g/mol. The zero-order chi connectivity index (χ0) is 15.2. The first-order valence-electron chi connectivity index (χ1n) is 7.81. The average Bonchev–Trinajstić information content (AvgIpc) is 2.96. The number of carbonyl (C=O) groups is 2. The summed E-state index contributed by atoms with van der Waals surface area (Å²) < 4.78 is 10.9. The molecule has 2 heterocycles. The van der Waals surface area contributed by atoms with Crippen molar-refractivity contribution in [2.75, 3.05) is 26.4 Å². The first-order chi connectivity index (χ1) is 10.1. The molecule has 2 aliphatic rings. The second kappa shape index (κ2) is 7.75. The highest BCUT2D eigenvalue weighted by Gasteiger charge is 2.34. The van der Waals surface area contributed by atoms with Crippen LogP contribution in [0.2, 0.25) is 0 Å². The predicted molar refractivity (Wildman–Crippen MR) is 75.9 cm³/mol. The van der Waals surface area contributed by atoms with Crippen molar-refractivity contribution in [3.63, 3.8) is 0 Å². The van der Waals surface area contributed by atoms with Crippen LogP contribution in [0.25, 0.3) is 0 Å². The molecular weight excluding hydrogens is 274 g/mol. The number of amides is 1. The fraction of sp³-hybridized carbons (Fsp3) is 0.867. The summed E-state index contributed by atoms with van der Waals surface area (Å²) in [5.74, 6) is -1.27. The molecule has 0 aromatic rings. The van der Waals surface area contributed by atoms with Crippen molar-refractivity contribution >= 4 is 11.9 Å². The van der Waals surface area contributed by atoms with Crippen molar-refractivity contribution in [3.8, 4) is 0 Å². The Hall–Kier alpha value is -1.14. The van der Waals surface area contributed by atoms with E-state index in [1.165, 1.54) is 0 Å². The van der Waals surface area contributed by atoms with Crippen LogP contribution in [0, 0.1) is 5.92 Å². The van der Waals surface area contributed by atoms with Gasteiger partial charge in [-0.3, -0.25) is 9.59 Å². The number of piperidine rings is 1. The number of ether oxygens (including phenoxy) is 2. The van der Waals surface area contributed by atoms with Gasteiger partial charge in [-0.05, 0) is 32.6 Å². The quantitative estimate of drug-likeness (QED) is 0.748. The molecule has 6 heteroatoms. The molecular formula is C15H25NO5. The van der Waals surface area contributed by atoms with Crippen LogP contribution in [-0.4, -0.2) is 60.4 Å². The fourth-order valence-electron chi connectivity index (χ4n) is 3.12. The Kier molecular flexibility index (Phi) is 5.99. The van der Waals surface area contributed by atoms with Crippen molar-refractivity contribution in [2.45, 2.75) is 51.2 Å². The van der Waals surface area contributed by atoms with Crippen molar-refractivity contribution in [1.82, 2.24) is 4.90 Å². The molecule has 3 atom stereocenters. The lowest BCUT2D eigenvalue weighted by Crippen LogP contribution is -2.49. The Morgan fingerprint density at radius 1 is 1.33 bits per heavy atom. The smallest absolute Gasteiger partial charge is 0.308 e. The number of likely N-dealkylation sites (tertiary alicyclic amines) is 1. The van der Waals surface area contributed by atoms with E-state index in [1.807, 2.05) is 6.92 Å². The average molecular weight is 299 g/mol. The molecule has 0 aliphatic carbocycles. The summed E-state index contributed by atoms with van der Waals surface area (Å²) in [6.07, 6.45) is 3.99. The van der Waals surface area contributed by atoms with Gasteiger partial charge in [0.05, 0.1) is 31.7 Å². The highest BCUT2D eigenvalue weighted by atomic mass is 16.5. The van der Waals surface area contributed by atoms with Gasteiger partial charge in [0, 0.05) is 19.2 Å². The van der Waals surface area contributed by atoms with Crippen LogP contribution >= 0.6 is 0 Å². The Morgan fingerprint density at radius 2 is 2.14 bits per heavy atom. The zero-order valence-corrected chi connectivity index (χ0v) is 12.6. The second-order valence-electron chi connectivity index (χ2n) is 5.87. The summed E-state index contributed by atoms with van der Waals surface area (Å²) in [5, 5.41) is 9.17. The molecule has 2 saturated heterocycles. The van der Waals surface area contributed by atoms with Gasteiger partial charge in [-0.15, -0.1) is 0 Å². The van der Waals surface area contributed by atoms with E-state index in [9.17, 15) is 9.59 Å². The summed E-state index contributed by atoms with van der Waals surface area (Å²) in [6.45, 7) is 4.19. The number of carbonyl (C=O) groups excluding carboxylic acids is 1. The number of hydrogen-bond acceptors (Lipinski definition) is 4. The Labute approximate surface area is 125 Å². The van der Waals surface area contributed by atoms with Gasteiger partial charge < -0.3 is 19.5 Å². The molecule has 0 radical (unpaired) electrons. The van der Waals surface area contributed by atoms with Crippen LogP contribution in [0.15, 0.2) is 0 Å². The van der Waals surface area contributed by atoms with Crippen LogP contribution in [-0.2, 0) is 19.1 Å². The third-order valence-corrected chi connectivity index (χ3v) is 4.41. The maximum absolute atomic E-state index is 12.2. The number of nitrogens with zero attached hydrogens (tertiary/aromatic N) is 1. The lowest BCUT2D eigenvalue weighted by molar-refractivity contribution is -0.149. The second-order valence-corrected chi connectivity index (χ2v) is 5.87. The molecule has 2 aliphatic heterocycles. The molecule has 1 unspecified atom stereocenters. The SMILES string of the molecule is C[C@@H]1[C@H](C(=O)O)CCCN1C(=O)CCOCC1CCCO1. The van der Waals surface area contributed by atoms with E-state index in [2.05, 4.69) is 0 Å². The molecule has 1 N–H and O–H groups in total. The molecule has 2 rings (SSSR count). The minimum absolute atomic E-state index is 0.0132. The third-order valence-electron chi connectivity index (χ3n) is 4.41. The highest BCUT2D eigenvalue weighted by molar-refractivity contribution is 5.78.